The molecule has 7 nitrogen and oxygen atoms in total. The number of piperidine rings is 1. The van der Waals surface area contributed by atoms with Crippen LogP contribution < -0.4 is 5.32 Å². The van der Waals surface area contributed by atoms with Gasteiger partial charge in [-0.05, 0) is 19.3 Å². The van der Waals surface area contributed by atoms with Gasteiger partial charge in [0.2, 0.25) is 0 Å². The van der Waals surface area contributed by atoms with Crippen LogP contribution in [0.1, 0.15) is 19.3 Å². The maximum atomic E-state index is 12.0. The first-order valence-corrected chi connectivity index (χ1v) is 6.61. The second-order valence-corrected chi connectivity index (χ2v) is 4.90. The van der Waals surface area contributed by atoms with Gasteiger partial charge in [0.1, 0.15) is 6.61 Å². The molecule has 2 aliphatic heterocycles. The number of carbonyl (C=O) groups excluding carboxylic acids is 1. The lowest BCUT2D eigenvalue weighted by molar-refractivity contribution is -0.145. The third kappa shape index (κ3) is 4.36. The molecular formula is C12H20N2O5. The van der Waals surface area contributed by atoms with Gasteiger partial charge in [-0.15, -0.1) is 0 Å². The van der Waals surface area contributed by atoms with Crippen LogP contribution in [-0.2, 0) is 14.3 Å². The van der Waals surface area contributed by atoms with E-state index in [1.165, 1.54) is 0 Å². The number of nitrogens with one attached hydrogen (secondary N) is 1. The van der Waals surface area contributed by atoms with Crippen molar-refractivity contribution >= 4 is 12.0 Å². The lowest BCUT2D eigenvalue weighted by atomic mass is 10.1. The second-order valence-electron chi connectivity index (χ2n) is 4.90. The number of likely N-dealkylation sites (tertiary alicyclic amines) is 1. The molecule has 7 heteroatoms. The van der Waals surface area contributed by atoms with E-state index in [1.807, 2.05) is 0 Å². The van der Waals surface area contributed by atoms with Crippen molar-refractivity contribution in [2.24, 2.45) is 0 Å². The van der Waals surface area contributed by atoms with Crippen molar-refractivity contribution in [3.05, 3.63) is 0 Å². The van der Waals surface area contributed by atoms with Gasteiger partial charge in [-0.2, -0.15) is 0 Å². The summed E-state index contributed by atoms with van der Waals surface area (Å²) >= 11 is 0. The van der Waals surface area contributed by atoms with Crippen LogP contribution in [-0.4, -0.2) is 67.1 Å². The molecule has 0 spiro atoms. The number of ether oxygens (including phenoxy) is 2. The van der Waals surface area contributed by atoms with Crippen molar-refractivity contribution in [2.75, 3.05) is 32.9 Å². The quantitative estimate of drug-likeness (QED) is 0.755. The predicted molar refractivity (Wildman–Crippen MR) is 65.9 cm³/mol. The summed E-state index contributed by atoms with van der Waals surface area (Å²) in [6.45, 7) is 2.23. The Morgan fingerprint density at radius 1 is 1.32 bits per heavy atom. The summed E-state index contributed by atoms with van der Waals surface area (Å²) in [7, 11) is 0. The molecule has 2 fully saturated rings. The first-order chi connectivity index (χ1) is 9.15. The Morgan fingerprint density at radius 2 is 2.05 bits per heavy atom. The van der Waals surface area contributed by atoms with Gasteiger partial charge in [0, 0.05) is 19.7 Å². The minimum Gasteiger partial charge on any atom is -0.480 e. The Hall–Kier alpha value is -1.34. The average Bonchev–Trinajstić information content (AvgIpc) is 2.89. The van der Waals surface area contributed by atoms with Crippen LogP contribution in [0.4, 0.5) is 4.79 Å². The Bertz CT molecular complexity index is 322. The van der Waals surface area contributed by atoms with Crippen LogP contribution in [0.3, 0.4) is 0 Å². The lowest BCUT2D eigenvalue weighted by Crippen LogP contribution is -2.49. The van der Waals surface area contributed by atoms with E-state index in [0.717, 1.165) is 6.42 Å². The standard InChI is InChI=1S/C12H20N2O5/c15-11(16)8-19-10-1-4-14(5-2-10)12(17)13-9-3-6-18-7-9/h9-10H,1-8H2,(H,13,17)(H,15,16). The van der Waals surface area contributed by atoms with Crippen molar-refractivity contribution in [3.63, 3.8) is 0 Å². The summed E-state index contributed by atoms with van der Waals surface area (Å²) < 4.78 is 10.4. The van der Waals surface area contributed by atoms with Crippen LogP contribution in [0.15, 0.2) is 0 Å². The Kier molecular flexibility index (Phi) is 4.98. The lowest BCUT2D eigenvalue weighted by Gasteiger charge is -2.32. The van der Waals surface area contributed by atoms with E-state index in [-0.39, 0.29) is 24.8 Å². The van der Waals surface area contributed by atoms with Crippen molar-refractivity contribution < 1.29 is 24.2 Å². The zero-order chi connectivity index (χ0) is 13.7. The highest BCUT2D eigenvalue weighted by Crippen LogP contribution is 2.14. The molecule has 0 radical (unpaired) electrons. The summed E-state index contributed by atoms with van der Waals surface area (Å²) in [5, 5.41) is 11.5. The average molecular weight is 272 g/mol. The molecule has 2 rings (SSSR count). The highest BCUT2D eigenvalue weighted by atomic mass is 16.5. The molecule has 2 amide bonds. The first kappa shape index (κ1) is 14.1. The summed E-state index contributed by atoms with van der Waals surface area (Å²) in [5.74, 6) is -0.957. The van der Waals surface area contributed by atoms with Gasteiger partial charge in [0.25, 0.3) is 0 Å². The van der Waals surface area contributed by atoms with E-state index < -0.39 is 5.97 Å². The number of nitrogens with zero attached hydrogens (tertiary/aromatic N) is 1. The molecule has 0 aliphatic carbocycles. The summed E-state index contributed by atoms with van der Waals surface area (Å²) in [5.41, 5.74) is 0. The Morgan fingerprint density at radius 3 is 2.63 bits per heavy atom. The summed E-state index contributed by atoms with van der Waals surface area (Å²) in [6, 6.07) is 0.0562. The number of carboxylic acids is 1. The molecule has 2 aliphatic rings. The minimum absolute atomic E-state index is 0.0602. The highest BCUT2D eigenvalue weighted by Gasteiger charge is 2.26. The highest BCUT2D eigenvalue weighted by molar-refractivity contribution is 5.74. The van der Waals surface area contributed by atoms with Gasteiger partial charge < -0.3 is 24.8 Å². The van der Waals surface area contributed by atoms with E-state index in [9.17, 15) is 9.59 Å². The number of aliphatic carboxylic acids is 1. The number of hydrogen-bond donors (Lipinski definition) is 2. The smallest absolute Gasteiger partial charge is 0.329 e. The van der Waals surface area contributed by atoms with Crippen LogP contribution in [0.25, 0.3) is 0 Å². The minimum atomic E-state index is -0.957. The largest absolute Gasteiger partial charge is 0.480 e. The van der Waals surface area contributed by atoms with Crippen molar-refractivity contribution in [1.82, 2.24) is 10.2 Å². The SMILES string of the molecule is O=C(O)COC1CCN(C(=O)NC2CCOC2)CC1. The van der Waals surface area contributed by atoms with Crippen LogP contribution in [0, 0.1) is 0 Å². The maximum absolute atomic E-state index is 12.0. The fourth-order valence-electron chi connectivity index (χ4n) is 2.33. The van der Waals surface area contributed by atoms with Gasteiger partial charge in [0.15, 0.2) is 0 Å². The molecule has 1 atom stereocenters. The van der Waals surface area contributed by atoms with Crippen LogP contribution in [0.5, 0.6) is 0 Å². The molecule has 0 bridgehead atoms. The molecular weight excluding hydrogens is 252 g/mol. The zero-order valence-corrected chi connectivity index (χ0v) is 10.8. The molecule has 0 saturated carbocycles. The molecule has 0 aromatic rings. The van der Waals surface area contributed by atoms with E-state index in [4.69, 9.17) is 14.6 Å². The molecule has 2 heterocycles. The normalized spacial score (nSPS) is 24.4. The summed E-state index contributed by atoms with van der Waals surface area (Å²) in [6.07, 6.45) is 2.17. The monoisotopic (exact) mass is 272 g/mol. The van der Waals surface area contributed by atoms with Crippen LogP contribution >= 0.6 is 0 Å². The molecule has 0 aromatic heterocycles. The third-order valence-electron chi connectivity index (χ3n) is 3.43. The van der Waals surface area contributed by atoms with Gasteiger partial charge in [-0.25, -0.2) is 9.59 Å². The number of amides is 2. The fourth-order valence-corrected chi connectivity index (χ4v) is 2.33. The second kappa shape index (κ2) is 6.72. The van der Waals surface area contributed by atoms with Crippen molar-refractivity contribution in [2.45, 2.75) is 31.4 Å². The van der Waals surface area contributed by atoms with Crippen molar-refractivity contribution in [1.29, 1.82) is 0 Å². The molecule has 1 unspecified atom stereocenters. The molecule has 2 saturated heterocycles. The Labute approximate surface area is 111 Å². The molecule has 2 N–H and O–H groups in total. The van der Waals surface area contributed by atoms with Gasteiger partial charge in [-0.3, -0.25) is 0 Å². The zero-order valence-electron chi connectivity index (χ0n) is 10.8. The summed E-state index contributed by atoms with van der Waals surface area (Å²) in [4.78, 5) is 24.1. The molecule has 108 valence electrons. The number of carbonyl (C=O) groups is 2. The number of rotatable bonds is 4. The number of hydrogen-bond acceptors (Lipinski definition) is 4. The van der Waals surface area contributed by atoms with Crippen LogP contribution in [0.2, 0.25) is 0 Å². The predicted octanol–water partition coefficient (Wildman–Crippen LogP) is 0.0505. The fraction of sp³-hybridized carbons (Fsp3) is 0.833. The van der Waals surface area contributed by atoms with E-state index in [1.54, 1.807) is 4.90 Å². The van der Waals surface area contributed by atoms with Gasteiger partial charge >= 0.3 is 12.0 Å². The molecule has 0 aromatic carbocycles. The van der Waals surface area contributed by atoms with E-state index >= 15 is 0 Å². The maximum Gasteiger partial charge on any atom is 0.329 e. The molecule has 19 heavy (non-hydrogen) atoms. The van der Waals surface area contributed by atoms with E-state index in [0.29, 0.717) is 39.1 Å². The third-order valence-corrected chi connectivity index (χ3v) is 3.43. The Balaban J connectivity index is 1.67. The number of carboxylic acid groups (broad SMARTS) is 1. The van der Waals surface area contributed by atoms with E-state index in [2.05, 4.69) is 5.32 Å². The topological polar surface area (TPSA) is 88.1 Å². The van der Waals surface area contributed by atoms with Gasteiger partial charge in [0.05, 0.1) is 18.8 Å². The van der Waals surface area contributed by atoms with Gasteiger partial charge in [-0.1, -0.05) is 0 Å². The van der Waals surface area contributed by atoms with Crippen molar-refractivity contribution in [3.8, 4) is 0 Å². The number of urea groups is 1. The first-order valence-electron chi connectivity index (χ1n) is 6.61.